The van der Waals surface area contributed by atoms with E-state index in [1.165, 1.54) is 16.6 Å². The number of hydrogen-bond acceptors (Lipinski definition) is 3. The molecule has 106 valence electrons. The molecule has 4 heteroatoms. The first-order valence-electron chi connectivity index (χ1n) is 7.05. The molecule has 20 heavy (non-hydrogen) atoms. The Morgan fingerprint density at radius 2 is 1.75 bits per heavy atom. The summed E-state index contributed by atoms with van der Waals surface area (Å²) in [4.78, 5) is 0. The Balaban J connectivity index is 1.85. The molecule has 0 spiro atoms. The Hall–Kier alpha value is -1.26. The molecule has 0 aromatic heterocycles. The lowest BCUT2D eigenvalue weighted by molar-refractivity contribution is 0.00578. The van der Waals surface area contributed by atoms with Gasteiger partial charge in [-0.15, -0.1) is 0 Å². The van der Waals surface area contributed by atoms with Crippen molar-refractivity contribution < 1.29 is 14.0 Å². The zero-order chi connectivity index (χ0) is 14.5. The summed E-state index contributed by atoms with van der Waals surface area (Å²) in [5.74, 6) is 0.884. The van der Waals surface area contributed by atoms with Gasteiger partial charge < -0.3 is 14.0 Å². The van der Waals surface area contributed by atoms with Crippen molar-refractivity contribution in [2.75, 3.05) is 7.11 Å². The standard InChI is InChI=1S/C16H21BO3/c1-15(2)16(3,4)20-17(19-15)13-8-11-6-7-14(18-5)10-12(11)9-13/h6-7,9-10H,8H2,1-5H3. The van der Waals surface area contributed by atoms with Crippen LogP contribution >= 0.6 is 0 Å². The van der Waals surface area contributed by atoms with Crippen molar-refractivity contribution in [2.24, 2.45) is 0 Å². The highest BCUT2D eigenvalue weighted by Crippen LogP contribution is 2.41. The number of rotatable bonds is 2. The molecule has 1 heterocycles. The summed E-state index contributed by atoms with van der Waals surface area (Å²) in [5.41, 5.74) is 3.12. The molecule has 0 radical (unpaired) electrons. The molecule has 3 nitrogen and oxygen atoms in total. The van der Waals surface area contributed by atoms with Gasteiger partial charge >= 0.3 is 7.12 Å². The molecular formula is C16H21BO3. The Kier molecular flexibility index (Phi) is 3.00. The molecule has 0 unspecified atom stereocenters. The Morgan fingerprint density at radius 3 is 2.35 bits per heavy atom. The quantitative estimate of drug-likeness (QED) is 0.773. The molecule has 0 saturated carbocycles. The molecule has 0 bridgehead atoms. The number of benzene rings is 1. The van der Waals surface area contributed by atoms with Crippen LogP contribution in [0.15, 0.2) is 23.7 Å². The average molecular weight is 272 g/mol. The van der Waals surface area contributed by atoms with Crippen LogP contribution in [0.2, 0.25) is 0 Å². The molecule has 0 amide bonds. The summed E-state index contributed by atoms with van der Waals surface area (Å²) >= 11 is 0. The van der Waals surface area contributed by atoms with E-state index < -0.39 is 0 Å². The highest BCUT2D eigenvalue weighted by Gasteiger charge is 2.52. The van der Waals surface area contributed by atoms with Gasteiger partial charge in [0.15, 0.2) is 0 Å². The van der Waals surface area contributed by atoms with Crippen LogP contribution in [0.3, 0.4) is 0 Å². The maximum Gasteiger partial charge on any atom is 0.490 e. The highest BCUT2D eigenvalue weighted by molar-refractivity contribution is 6.56. The van der Waals surface area contributed by atoms with Crippen LogP contribution in [0.25, 0.3) is 6.08 Å². The monoisotopic (exact) mass is 272 g/mol. The van der Waals surface area contributed by atoms with Gasteiger partial charge in [0.2, 0.25) is 0 Å². The van der Waals surface area contributed by atoms with E-state index in [1.807, 2.05) is 6.07 Å². The van der Waals surface area contributed by atoms with Gasteiger partial charge in [-0.05, 0) is 62.8 Å². The molecule has 1 fully saturated rings. The largest absolute Gasteiger partial charge is 0.497 e. The van der Waals surface area contributed by atoms with E-state index in [0.717, 1.165) is 12.2 Å². The van der Waals surface area contributed by atoms with Crippen LogP contribution in [0.5, 0.6) is 5.75 Å². The number of ether oxygens (including phenoxy) is 1. The fourth-order valence-electron chi connectivity index (χ4n) is 2.61. The van der Waals surface area contributed by atoms with Gasteiger partial charge in [-0.25, -0.2) is 0 Å². The van der Waals surface area contributed by atoms with Gasteiger partial charge in [0.1, 0.15) is 5.75 Å². The van der Waals surface area contributed by atoms with Crippen LogP contribution in [0.4, 0.5) is 0 Å². The summed E-state index contributed by atoms with van der Waals surface area (Å²) in [6.07, 6.45) is 3.05. The van der Waals surface area contributed by atoms with E-state index >= 15 is 0 Å². The molecule has 1 saturated heterocycles. The number of methoxy groups -OCH3 is 1. The lowest BCUT2D eigenvalue weighted by Crippen LogP contribution is -2.41. The summed E-state index contributed by atoms with van der Waals surface area (Å²) in [7, 11) is 1.44. The second-order valence-corrected chi connectivity index (χ2v) is 6.55. The van der Waals surface area contributed by atoms with Crippen molar-refractivity contribution in [1.29, 1.82) is 0 Å². The third kappa shape index (κ3) is 2.07. The smallest absolute Gasteiger partial charge is 0.490 e. The second kappa shape index (κ2) is 4.37. The minimum Gasteiger partial charge on any atom is -0.497 e. The molecule has 1 aromatic carbocycles. The molecule has 2 aliphatic rings. The SMILES string of the molecule is COc1ccc2c(c1)C=C(B1OC(C)(C)C(C)(C)O1)C2. The molecular weight excluding hydrogens is 251 g/mol. The van der Waals surface area contributed by atoms with E-state index in [-0.39, 0.29) is 18.3 Å². The number of hydrogen-bond donors (Lipinski definition) is 0. The normalized spacial score (nSPS) is 22.6. The Bertz CT molecular complexity index is 559. The van der Waals surface area contributed by atoms with E-state index in [1.54, 1.807) is 7.11 Å². The zero-order valence-corrected chi connectivity index (χ0v) is 12.8. The zero-order valence-electron chi connectivity index (χ0n) is 12.8. The molecule has 3 rings (SSSR count). The fraction of sp³-hybridized carbons (Fsp3) is 0.500. The summed E-state index contributed by atoms with van der Waals surface area (Å²) in [5, 5.41) is 0. The van der Waals surface area contributed by atoms with Gasteiger partial charge in [-0.2, -0.15) is 0 Å². The second-order valence-electron chi connectivity index (χ2n) is 6.55. The lowest BCUT2D eigenvalue weighted by Gasteiger charge is -2.32. The topological polar surface area (TPSA) is 27.7 Å². The van der Waals surface area contributed by atoms with Crippen LogP contribution in [0.1, 0.15) is 38.8 Å². The maximum absolute atomic E-state index is 6.11. The van der Waals surface area contributed by atoms with Crippen LogP contribution < -0.4 is 4.74 Å². The number of allylic oxidation sites excluding steroid dienone is 1. The van der Waals surface area contributed by atoms with Crippen molar-refractivity contribution in [3.05, 3.63) is 34.8 Å². The van der Waals surface area contributed by atoms with E-state index in [9.17, 15) is 0 Å². The third-order valence-corrected chi connectivity index (χ3v) is 4.64. The van der Waals surface area contributed by atoms with E-state index in [2.05, 4.69) is 45.9 Å². The summed E-state index contributed by atoms with van der Waals surface area (Å²) in [6.45, 7) is 8.33. The van der Waals surface area contributed by atoms with Gasteiger partial charge in [0, 0.05) is 0 Å². The summed E-state index contributed by atoms with van der Waals surface area (Å²) < 4.78 is 17.5. The summed E-state index contributed by atoms with van der Waals surface area (Å²) in [6, 6.07) is 6.18. The van der Waals surface area contributed by atoms with Crippen molar-refractivity contribution >= 4 is 13.2 Å². The van der Waals surface area contributed by atoms with E-state index in [4.69, 9.17) is 14.0 Å². The van der Waals surface area contributed by atoms with Gasteiger partial charge in [0.25, 0.3) is 0 Å². The molecule has 1 aromatic rings. The van der Waals surface area contributed by atoms with Crippen molar-refractivity contribution in [1.82, 2.24) is 0 Å². The van der Waals surface area contributed by atoms with Crippen LogP contribution in [-0.4, -0.2) is 25.4 Å². The maximum atomic E-state index is 6.11. The number of fused-ring (bicyclic) bond motifs is 1. The first kappa shape index (κ1) is 13.7. The molecule has 0 N–H and O–H groups in total. The lowest BCUT2D eigenvalue weighted by atomic mass is 9.77. The van der Waals surface area contributed by atoms with E-state index in [0.29, 0.717) is 0 Å². The molecule has 1 aliphatic heterocycles. The van der Waals surface area contributed by atoms with Crippen molar-refractivity contribution in [3.8, 4) is 5.75 Å². The van der Waals surface area contributed by atoms with Gasteiger partial charge in [-0.1, -0.05) is 12.1 Å². The first-order chi connectivity index (χ1) is 9.32. The minimum atomic E-state index is -0.287. The predicted molar refractivity (Wildman–Crippen MR) is 80.8 cm³/mol. The average Bonchev–Trinajstić information content (AvgIpc) is 2.87. The highest BCUT2D eigenvalue weighted by atomic mass is 16.7. The first-order valence-corrected chi connectivity index (χ1v) is 7.05. The van der Waals surface area contributed by atoms with Crippen molar-refractivity contribution in [2.45, 2.75) is 45.3 Å². The molecule has 0 atom stereocenters. The Morgan fingerprint density at radius 1 is 1.10 bits per heavy atom. The van der Waals surface area contributed by atoms with Crippen LogP contribution in [0, 0.1) is 0 Å². The molecule has 1 aliphatic carbocycles. The third-order valence-electron chi connectivity index (χ3n) is 4.64. The predicted octanol–water partition coefficient (Wildman–Crippen LogP) is 3.27. The van der Waals surface area contributed by atoms with Crippen molar-refractivity contribution in [3.63, 3.8) is 0 Å². The fourth-order valence-corrected chi connectivity index (χ4v) is 2.61. The minimum absolute atomic E-state index is 0.251. The van der Waals surface area contributed by atoms with Gasteiger partial charge in [-0.3, -0.25) is 0 Å². The Labute approximate surface area is 121 Å². The van der Waals surface area contributed by atoms with Gasteiger partial charge in [0.05, 0.1) is 18.3 Å². The van der Waals surface area contributed by atoms with Crippen LogP contribution in [-0.2, 0) is 15.7 Å².